The third kappa shape index (κ3) is 3.80. The van der Waals surface area contributed by atoms with Gasteiger partial charge in [-0.2, -0.15) is 0 Å². The van der Waals surface area contributed by atoms with Crippen LogP contribution < -0.4 is 5.32 Å². The monoisotopic (exact) mass is 323 g/mol. The van der Waals surface area contributed by atoms with E-state index in [0.717, 1.165) is 15.8 Å². The molecule has 3 nitrogen and oxygen atoms in total. The molecule has 18 heavy (non-hydrogen) atoms. The van der Waals surface area contributed by atoms with Crippen molar-refractivity contribution in [1.29, 1.82) is 0 Å². The summed E-state index contributed by atoms with van der Waals surface area (Å²) in [5.41, 5.74) is 1.12. The Hall–Kier alpha value is -0.910. The first-order valence-electron chi connectivity index (χ1n) is 5.60. The fourth-order valence-corrected chi connectivity index (χ4v) is 2.86. The highest BCUT2D eigenvalue weighted by Gasteiger charge is 2.09. The second-order valence-corrected chi connectivity index (χ2v) is 5.79. The SMILES string of the molecule is CNC(CSc1ccc(Br)cc1)c1cncnc1. The van der Waals surface area contributed by atoms with Crippen LogP contribution >= 0.6 is 27.7 Å². The van der Waals surface area contributed by atoms with Crippen LogP contribution in [0, 0.1) is 0 Å². The molecule has 1 aromatic heterocycles. The molecule has 0 aliphatic carbocycles. The maximum atomic E-state index is 4.05. The van der Waals surface area contributed by atoms with E-state index in [1.807, 2.05) is 31.2 Å². The van der Waals surface area contributed by atoms with E-state index >= 15 is 0 Å². The number of thioether (sulfide) groups is 1. The number of rotatable bonds is 5. The van der Waals surface area contributed by atoms with Gasteiger partial charge < -0.3 is 5.32 Å². The van der Waals surface area contributed by atoms with Crippen LogP contribution in [0.1, 0.15) is 11.6 Å². The van der Waals surface area contributed by atoms with Crippen LogP contribution in [0.4, 0.5) is 0 Å². The average molecular weight is 324 g/mol. The van der Waals surface area contributed by atoms with Gasteiger partial charge in [0, 0.05) is 39.1 Å². The van der Waals surface area contributed by atoms with Gasteiger partial charge in [0.25, 0.3) is 0 Å². The van der Waals surface area contributed by atoms with Crippen molar-refractivity contribution in [3.8, 4) is 0 Å². The molecule has 0 amide bonds. The molecular weight excluding hydrogens is 310 g/mol. The highest BCUT2D eigenvalue weighted by molar-refractivity contribution is 9.10. The molecule has 0 spiro atoms. The summed E-state index contributed by atoms with van der Waals surface area (Å²) in [4.78, 5) is 9.37. The van der Waals surface area contributed by atoms with E-state index in [4.69, 9.17) is 0 Å². The quantitative estimate of drug-likeness (QED) is 0.857. The second kappa shape index (κ2) is 6.87. The maximum Gasteiger partial charge on any atom is 0.115 e. The average Bonchev–Trinajstić information content (AvgIpc) is 2.43. The van der Waals surface area contributed by atoms with Crippen molar-refractivity contribution >= 4 is 27.7 Å². The van der Waals surface area contributed by atoms with Crippen molar-refractivity contribution in [1.82, 2.24) is 15.3 Å². The number of halogens is 1. The number of nitrogens with one attached hydrogen (secondary N) is 1. The molecule has 5 heteroatoms. The predicted molar refractivity (Wildman–Crippen MR) is 78.7 cm³/mol. The highest BCUT2D eigenvalue weighted by Crippen LogP contribution is 2.25. The summed E-state index contributed by atoms with van der Waals surface area (Å²) in [7, 11) is 1.96. The van der Waals surface area contributed by atoms with Crippen LogP contribution in [0.5, 0.6) is 0 Å². The molecule has 0 aliphatic heterocycles. The Balaban J connectivity index is 1.97. The van der Waals surface area contributed by atoms with Gasteiger partial charge >= 0.3 is 0 Å². The molecule has 0 saturated heterocycles. The molecule has 0 saturated carbocycles. The molecule has 2 aromatic rings. The minimum atomic E-state index is 0.264. The Morgan fingerprint density at radius 2 is 1.89 bits per heavy atom. The number of hydrogen-bond acceptors (Lipinski definition) is 4. The zero-order valence-corrected chi connectivity index (χ0v) is 12.4. The van der Waals surface area contributed by atoms with Gasteiger partial charge in [0.2, 0.25) is 0 Å². The summed E-state index contributed by atoms with van der Waals surface area (Å²) >= 11 is 5.26. The number of aromatic nitrogens is 2. The first kappa shape index (κ1) is 13.5. The van der Waals surface area contributed by atoms with Gasteiger partial charge in [-0.1, -0.05) is 15.9 Å². The largest absolute Gasteiger partial charge is 0.312 e. The smallest absolute Gasteiger partial charge is 0.115 e. The van der Waals surface area contributed by atoms with Gasteiger partial charge in [-0.3, -0.25) is 0 Å². The summed E-state index contributed by atoms with van der Waals surface area (Å²) in [5, 5.41) is 3.29. The van der Waals surface area contributed by atoms with Crippen molar-refractivity contribution in [3.63, 3.8) is 0 Å². The van der Waals surface area contributed by atoms with Crippen LogP contribution in [0.2, 0.25) is 0 Å². The third-order valence-corrected chi connectivity index (χ3v) is 4.20. The van der Waals surface area contributed by atoms with E-state index in [9.17, 15) is 0 Å². The van der Waals surface area contributed by atoms with Crippen molar-refractivity contribution in [2.75, 3.05) is 12.8 Å². The summed E-state index contributed by atoms with van der Waals surface area (Å²) in [5.74, 6) is 0.950. The molecule has 1 aromatic carbocycles. The lowest BCUT2D eigenvalue weighted by Crippen LogP contribution is -2.19. The summed E-state index contributed by atoms with van der Waals surface area (Å²) in [6.07, 6.45) is 5.27. The fourth-order valence-electron chi connectivity index (χ4n) is 1.55. The van der Waals surface area contributed by atoms with E-state index in [-0.39, 0.29) is 6.04 Å². The molecule has 1 atom stereocenters. The number of nitrogens with zero attached hydrogens (tertiary/aromatic N) is 2. The molecule has 0 radical (unpaired) electrons. The van der Waals surface area contributed by atoms with Gasteiger partial charge in [0.05, 0.1) is 0 Å². The molecule has 1 unspecified atom stereocenters. The van der Waals surface area contributed by atoms with Crippen LogP contribution in [0.3, 0.4) is 0 Å². The van der Waals surface area contributed by atoms with E-state index < -0.39 is 0 Å². The van der Waals surface area contributed by atoms with Gasteiger partial charge in [-0.05, 0) is 31.3 Å². The van der Waals surface area contributed by atoms with Crippen molar-refractivity contribution in [2.24, 2.45) is 0 Å². The van der Waals surface area contributed by atoms with E-state index in [1.165, 1.54) is 4.90 Å². The molecule has 0 bridgehead atoms. The summed E-state index contributed by atoms with van der Waals surface area (Å²) in [6, 6.07) is 8.61. The first-order valence-corrected chi connectivity index (χ1v) is 7.38. The van der Waals surface area contributed by atoms with Crippen LogP contribution in [0.15, 0.2) is 52.4 Å². The normalized spacial score (nSPS) is 12.3. The standard InChI is InChI=1S/C13H14BrN3S/c1-15-13(10-6-16-9-17-7-10)8-18-12-4-2-11(14)3-5-12/h2-7,9,13,15H,8H2,1H3. The van der Waals surface area contributed by atoms with E-state index in [1.54, 1.807) is 6.33 Å². The summed E-state index contributed by atoms with van der Waals surface area (Å²) in [6.45, 7) is 0. The summed E-state index contributed by atoms with van der Waals surface area (Å²) < 4.78 is 1.11. The van der Waals surface area contributed by atoms with Gasteiger partial charge in [0.15, 0.2) is 0 Å². The van der Waals surface area contributed by atoms with Crippen molar-refractivity contribution in [3.05, 3.63) is 53.0 Å². The van der Waals surface area contributed by atoms with Crippen LogP contribution in [-0.2, 0) is 0 Å². The van der Waals surface area contributed by atoms with Gasteiger partial charge in [-0.15, -0.1) is 11.8 Å². The Labute approximate surface area is 120 Å². The lowest BCUT2D eigenvalue weighted by molar-refractivity contribution is 0.655. The Bertz CT molecular complexity index is 475. The second-order valence-electron chi connectivity index (χ2n) is 3.78. The number of benzene rings is 1. The van der Waals surface area contributed by atoms with Gasteiger partial charge in [-0.25, -0.2) is 9.97 Å². The minimum Gasteiger partial charge on any atom is -0.312 e. The van der Waals surface area contributed by atoms with Crippen LogP contribution in [-0.4, -0.2) is 22.8 Å². The third-order valence-electron chi connectivity index (χ3n) is 2.56. The molecule has 94 valence electrons. The first-order chi connectivity index (χ1) is 8.79. The molecular formula is C13H14BrN3S. The predicted octanol–water partition coefficient (Wildman–Crippen LogP) is 3.29. The van der Waals surface area contributed by atoms with E-state index in [2.05, 4.69) is 55.5 Å². The highest BCUT2D eigenvalue weighted by atomic mass is 79.9. The van der Waals surface area contributed by atoms with Crippen molar-refractivity contribution in [2.45, 2.75) is 10.9 Å². The zero-order valence-electron chi connectivity index (χ0n) is 10.0. The molecule has 0 aliphatic rings. The van der Waals surface area contributed by atoms with Crippen LogP contribution in [0.25, 0.3) is 0 Å². The zero-order chi connectivity index (χ0) is 12.8. The maximum absolute atomic E-state index is 4.05. The Kier molecular flexibility index (Phi) is 5.16. The Morgan fingerprint density at radius 1 is 1.22 bits per heavy atom. The lowest BCUT2D eigenvalue weighted by Gasteiger charge is -2.15. The lowest BCUT2D eigenvalue weighted by atomic mass is 10.2. The van der Waals surface area contributed by atoms with Gasteiger partial charge in [0.1, 0.15) is 6.33 Å². The fraction of sp³-hybridized carbons (Fsp3) is 0.231. The Morgan fingerprint density at radius 3 is 2.50 bits per heavy atom. The van der Waals surface area contributed by atoms with Crippen molar-refractivity contribution < 1.29 is 0 Å². The topological polar surface area (TPSA) is 37.8 Å². The molecule has 1 heterocycles. The minimum absolute atomic E-state index is 0.264. The number of hydrogen-bond donors (Lipinski definition) is 1. The molecule has 2 rings (SSSR count). The van der Waals surface area contributed by atoms with E-state index in [0.29, 0.717) is 0 Å². The molecule has 1 N–H and O–H groups in total. The molecule has 0 fully saturated rings.